The van der Waals surface area contributed by atoms with E-state index in [0.717, 1.165) is 18.5 Å². The highest BCUT2D eigenvalue weighted by atomic mass is 16.5. The van der Waals surface area contributed by atoms with Gasteiger partial charge in [-0.15, -0.1) is 5.10 Å². The van der Waals surface area contributed by atoms with Gasteiger partial charge in [0.2, 0.25) is 0 Å². The Morgan fingerprint density at radius 3 is 2.47 bits per heavy atom. The van der Waals surface area contributed by atoms with E-state index in [4.69, 9.17) is 9.84 Å². The molecule has 10 heteroatoms. The minimum absolute atomic E-state index is 0.304. The van der Waals surface area contributed by atoms with Gasteiger partial charge in [0.1, 0.15) is 5.82 Å². The van der Waals surface area contributed by atoms with E-state index in [1.807, 2.05) is 6.07 Å². The van der Waals surface area contributed by atoms with Gasteiger partial charge in [0.15, 0.2) is 11.3 Å². The van der Waals surface area contributed by atoms with Crippen molar-refractivity contribution in [2.45, 2.75) is 38.1 Å². The van der Waals surface area contributed by atoms with E-state index in [1.54, 1.807) is 53.3 Å². The van der Waals surface area contributed by atoms with E-state index in [-0.39, 0.29) is 5.91 Å². The lowest BCUT2D eigenvalue weighted by Crippen LogP contribution is -2.24. The Morgan fingerprint density at radius 1 is 1.00 bits per heavy atom. The molecule has 1 aromatic carbocycles. The number of nitrogens with one attached hydrogen (secondary N) is 3. The number of methoxy groups -OCH3 is 1. The predicted octanol–water partition coefficient (Wildman–Crippen LogP) is 4.65. The minimum atomic E-state index is -0.398. The number of carbonyl (C=O) groups is 2. The standard InChI is InChI=1S/C26H27N7O3/c1-36-26(35)17-7-9-19(10-8-17)29-21-15-23(30-18-5-3-2-4-6-18)32-33-22(16-28-24(21)33)25(34)31-20-11-13-27-14-12-20/h7-16,18,29H,2-6H2,1H3,(H,30,32)(H,27,31,34). The van der Waals surface area contributed by atoms with Crippen LogP contribution in [0.15, 0.2) is 61.1 Å². The molecule has 4 aromatic rings. The zero-order valence-corrected chi connectivity index (χ0v) is 19.9. The highest BCUT2D eigenvalue weighted by Gasteiger charge is 2.20. The first-order chi connectivity index (χ1) is 17.6. The van der Waals surface area contributed by atoms with E-state index in [1.165, 1.54) is 32.6 Å². The van der Waals surface area contributed by atoms with E-state index in [9.17, 15) is 9.59 Å². The average molecular weight is 486 g/mol. The van der Waals surface area contributed by atoms with Crippen molar-refractivity contribution in [3.8, 4) is 0 Å². The third kappa shape index (κ3) is 5.12. The van der Waals surface area contributed by atoms with Crippen molar-refractivity contribution in [2.24, 2.45) is 0 Å². The normalized spacial score (nSPS) is 13.8. The molecule has 1 aliphatic rings. The second kappa shape index (κ2) is 10.4. The van der Waals surface area contributed by atoms with Gasteiger partial charge >= 0.3 is 5.97 Å². The van der Waals surface area contributed by atoms with Gasteiger partial charge in [0.25, 0.3) is 5.91 Å². The van der Waals surface area contributed by atoms with Crippen LogP contribution < -0.4 is 16.0 Å². The predicted molar refractivity (Wildman–Crippen MR) is 137 cm³/mol. The number of imidazole rings is 1. The van der Waals surface area contributed by atoms with Crippen LogP contribution in [0.4, 0.5) is 22.9 Å². The molecular formula is C26H27N7O3. The van der Waals surface area contributed by atoms with Crippen molar-refractivity contribution in [2.75, 3.05) is 23.1 Å². The lowest BCUT2D eigenvalue weighted by molar-refractivity contribution is 0.0600. The minimum Gasteiger partial charge on any atom is -0.465 e. The van der Waals surface area contributed by atoms with Crippen LogP contribution in [0.1, 0.15) is 53.0 Å². The Balaban J connectivity index is 1.48. The van der Waals surface area contributed by atoms with E-state index in [0.29, 0.717) is 40.1 Å². The lowest BCUT2D eigenvalue weighted by atomic mass is 9.95. The van der Waals surface area contributed by atoms with Gasteiger partial charge in [0, 0.05) is 35.9 Å². The van der Waals surface area contributed by atoms with Crippen LogP contribution in [0.25, 0.3) is 5.65 Å². The molecule has 3 aromatic heterocycles. The second-order valence-corrected chi connectivity index (χ2v) is 8.69. The molecule has 3 N–H and O–H groups in total. The topological polar surface area (TPSA) is 123 Å². The van der Waals surface area contributed by atoms with Crippen LogP contribution in [-0.4, -0.2) is 44.6 Å². The number of hydrogen-bond acceptors (Lipinski definition) is 8. The molecule has 3 heterocycles. The number of esters is 1. The van der Waals surface area contributed by atoms with E-state index >= 15 is 0 Å². The quantitative estimate of drug-likeness (QED) is 0.323. The molecule has 0 aliphatic heterocycles. The first-order valence-corrected chi connectivity index (χ1v) is 11.9. The van der Waals surface area contributed by atoms with Gasteiger partial charge in [0.05, 0.1) is 24.6 Å². The third-order valence-electron chi connectivity index (χ3n) is 6.18. The van der Waals surface area contributed by atoms with Crippen LogP contribution in [0, 0.1) is 0 Å². The Hall–Kier alpha value is -4.47. The fraction of sp³-hybridized carbons (Fsp3) is 0.269. The molecule has 0 radical (unpaired) electrons. The fourth-order valence-corrected chi connectivity index (χ4v) is 4.34. The maximum Gasteiger partial charge on any atom is 0.337 e. The molecule has 5 rings (SSSR count). The maximum absolute atomic E-state index is 13.1. The monoisotopic (exact) mass is 485 g/mol. The van der Waals surface area contributed by atoms with Gasteiger partial charge in [-0.05, 0) is 49.2 Å². The Bertz CT molecular complexity index is 1360. The number of benzene rings is 1. The Morgan fingerprint density at radius 2 is 1.75 bits per heavy atom. The molecular weight excluding hydrogens is 458 g/mol. The molecule has 1 saturated carbocycles. The molecule has 1 amide bonds. The van der Waals surface area contributed by atoms with Crippen LogP contribution in [0.5, 0.6) is 0 Å². The maximum atomic E-state index is 13.1. The second-order valence-electron chi connectivity index (χ2n) is 8.69. The summed E-state index contributed by atoms with van der Waals surface area (Å²) in [7, 11) is 1.35. The van der Waals surface area contributed by atoms with Crippen molar-refractivity contribution < 1.29 is 14.3 Å². The summed E-state index contributed by atoms with van der Waals surface area (Å²) in [6.45, 7) is 0. The summed E-state index contributed by atoms with van der Waals surface area (Å²) in [5, 5.41) is 14.5. The number of nitrogens with zero attached hydrogens (tertiary/aromatic N) is 4. The zero-order valence-electron chi connectivity index (χ0n) is 19.9. The van der Waals surface area contributed by atoms with Gasteiger partial charge in [-0.25, -0.2) is 14.3 Å². The molecule has 1 fully saturated rings. The van der Waals surface area contributed by atoms with Crippen molar-refractivity contribution in [3.05, 3.63) is 72.3 Å². The summed E-state index contributed by atoms with van der Waals surface area (Å²) in [6.07, 6.45) is 10.5. The lowest BCUT2D eigenvalue weighted by Gasteiger charge is -2.23. The van der Waals surface area contributed by atoms with Crippen molar-refractivity contribution in [1.29, 1.82) is 0 Å². The average Bonchev–Trinajstić information content (AvgIpc) is 3.34. The third-order valence-corrected chi connectivity index (χ3v) is 6.18. The first kappa shape index (κ1) is 23.3. The van der Waals surface area contributed by atoms with Gasteiger partial charge in [-0.1, -0.05) is 19.3 Å². The smallest absolute Gasteiger partial charge is 0.337 e. The van der Waals surface area contributed by atoms with Crippen molar-refractivity contribution >= 4 is 40.4 Å². The largest absolute Gasteiger partial charge is 0.465 e. The van der Waals surface area contributed by atoms with Crippen LogP contribution in [-0.2, 0) is 4.74 Å². The number of rotatable bonds is 7. The zero-order chi connectivity index (χ0) is 24.9. The number of carbonyl (C=O) groups excluding carboxylic acids is 2. The number of pyridine rings is 1. The number of hydrogen-bond donors (Lipinski definition) is 3. The number of aromatic nitrogens is 4. The van der Waals surface area contributed by atoms with Crippen molar-refractivity contribution in [1.82, 2.24) is 19.6 Å². The van der Waals surface area contributed by atoms with Crippen molar-refractivity contribution in [3.63, 3.8) is 0 Å². The molecule has 0 bridgehead atoms. The molecule has 1 aliphatic carbocycles. The summed E-state index contributed by atoms with van der Waals surface area (Å²) in [4.78, 5) is 33.3. The molecule has 0 spiro atoms. The van der Waals surface area contributed by atoms with Crippen LogP contribution >= 0.6 is 0 Å². The van der Waals surface area contributed by atoms with Gasteiger partial charge in [-0.3, -0.25) is 9.78 Å². The summed E-state index contributed by atoms with van der Waals surface area (Å²) in [6, 6.07) is 12.6. The molecule has 10 nitrogen and oxygen atoms in total. The summed E-state index contributed by atoms with van der Waals surface area (Å²) in [5.41, 5.74) is 3.32. The first-order valence-electron chi connectivity index (χ1n) is 11.9. The van der Waals surface area contributed by atoms with E-state index in [2.05, 4.69) is 25.9 Å². The SMILES string of the molecule is COC(=O)c1ccc(Nc2cc(NC3CCCCC3)nn3c(C(=O)Nc4ccncc4)cnc23)cc1. The summed E-state index contributed by atoms with van der Waals surface area (Å²) < 4.78 is 6.33. The Kier molecular flexibility index (Phi) is 6.74. The molecule has 36 heavy (non-hydrogen) atoms. The highest BCUT2D eigenvalue weighted by Crippen LogP contribution is 2.27. The molecule has 0 unspecified atom stereocenters. The number of ether oxygens (including phenoxy) is 1. The molecule has 184 valence electrons. The number of amides is 1. The summed E-state index contributed by atoms with van der Waals surface area (Å²) >= 11 is 0. The Labute approximate surface area is 208 Å². The van der Waals surface area contributed by atoms with Crippen LogP contribution in [0.3, 0.4) is 0 Å². The highest BCUT2D eigenvalue weighted by molar-refractivity contribution is 6.03. The van der Waals surface area contributed by atoms with E-state index < -0.39 is 5.97 Å². The van der Waals surface area contributed by atoms with Gasteiger partial charge < -0.3 is 20.7 Å². The fourth-order valence-electron chi connectivity index (χ4n) is 4.34. The van der Waals surface area contributed by atoms with Crippen LogP contribution in [0.2, 0.25) is 0 Å². The summed E-state index contributed by atoms with van der Waals surface area (Å²) in [5.74, 6) is -0.0756. The molecule has 0 atom stereocenters. The number of anilines is 4. The molecule has 0 saturated heterocycles. The van der Waals surface area contributed by atoms with Gasteiger partial charge in [-0.2, -0.15) is 0 Å². The number of fused-ring (bicyclic) bond motifs is 1.